The minimum atomic E-state index is -0.108. The van der Waals surface area contributed by atoms with Crippen LogP contribution >= 0.6 is 0 Å². The van der Waals surface area contributed by atoms with E-state index >= 15 is 0 Å². The van der Waals surface area contributed by atoms with Crippen LogP contribution in [0.1, 0.15) is 5.82 Å². The maximum atomic E-state index is 12.8. The number of hydrogen-bond donors (Lipinski definition) is 3. The summed E-state index contributed by atoms with van der Waals surface area (Å²) in [5.41, 5.74) is 3.58. The van der Waals surface area contributed by atoms with E-state index in [-0.39, 0.29) is 12.0 Å². The third-order valence-corrected chi connectivity index (χ3v) is 6.06. The van der Waals surface area contributed by atoms with Crippen LogP contribution in [-0.2, 0) is 30.1 Å². The SMILES string of the molecule is CNc1ccc(-c2cc(=O)c3ccc4[nH]c(CCOCCOCCOCCOCCOCCO)nc4c3o2)cc1. The Labute approximate surface area is 232 Å². The molecule has 2 heterocycles. The van der Waals surface area contributed by atoms with Crippen molar-refractivity contribution in [1.82, 2.24) is 9.97 Å². The van der Waals surface area contributed by atoms with Gasteiger partial charge < -0.3 is 43.5 Å². The molecule has 0 radical (unpaired) electrons. The Morgan fingerprint density at radius 1 is 0.825 bits per heavy atom. The van der Waals surface area contributed by atoms with Crippen molar-refractivity contribution < 1.29 is 33.2 Å². The predicted octanol–water partition coefficient (Wildman–Crippen LogP) is 3.00. The first-order valence-electron chi connectivity index (χ1n) is 13.4. The lowest BCUT2D eigenvalue weighted by atomic mass is 10.1. The molecular formula is C29H37N3O8. The number of ether oxygens (including phenoxy) is 5. The van der Waals surface area contributed by atoms with E-state index in [0.29, 0.717) is 94.7 Å². The lowest BCUT2D eigenvalue weighted by Crippen LogP contribution is -2.14. The third kappa shape index (κ3) is 8.59. The molecule has 4 rings (SSSR count). The van der Waals surface area contributed by atoms with Crippen molar-refractivity contribution in [2.24, 2.45) is 0 Å². The van der Waals surface area contributed by atoms with Gasteiger partial charge in [-0.25, -0.2) is 4.98 Å². The number of imidazole rings is 1. The second kappa shape index (κ2) is 16.1. The molecule has 40 heavy (non-hydrogen) atoms. The molecule has 4 aromatic rings. The highest BCUT2D eigenvalue weighted by Crippen LogP contribution is 2.27. The van der Waals surface area contributed by atoms with Gasteiger partial charge in [-0.05, 0) is 36.4 Å². The number of nitrogens with one attached hydrogen (secondary N) is 2. The van der Waals surface area contributed by atoms with Gasteiger partial charge >= 0.3 is 0 Å². The van der Waals surface area contributed by atoms with E-state index in [2.05, 4.69) is 10.3 Å². The average Bonchev–Trinajstić information content (AvgIpc) is 3.40. The topological polar surface area (TPSA) is 137 Å². The molecule has 11 heteroatoms. The molecule has 11 nitrogen and oxygen atoms in total. The normalized spacial score (nSPS) is 11.6. The van der Waals surface area contributed by atoms with E-state index in [1.165, 1.54) is 6.07 Å². The molecule has 0 aliphatic heterocycles. The molecule has 0 aliphatic rings. The van der Waals surface area contributed by atoms with Gasteiger partial charge in [0.1, 0.15) is 17.1 Å². The number of benzene rings is 2. The fraction of sp³-hybridized carbons (Fsp3) is 0.448. The van der Waals surface area contributed by atoms with Crippen LogP contribution in [0.25, 0.3) is 33.3 Å². The summed E-state index contributed by atoms with van der Waals surface area (Å²) in [6.45, 7) is 4.63. The largest absolute Gasteiger partial charge is 0.453 e. The quantitative estimate of drug-likeness (QED) is 0.148. The summed E-state index contributed by atoms with van der Waals surface area (Å²) >= 11 is 0. The molecule has 0 spiro atoms. The molecule has 216 valence electrons. The summed E-state index contributed by atoms with van der Waals surface area (Å²) in [6, 6.07) is 12.8. The second-order valence-corrected chi connectivity index (χ2v) is 8.86. The highest BCUT2D eigenvalue weighted by atomic mass is 16.6. The summed E-state index contributed by atoms with van der Waals surface area (Å²) in [4.78, 5) is 20.8. The molecule has 0 saturated carbocycles. The number of aromatic amines is 1. The molecule has 0 saturated heterocycles. The van der Waals surface area contributed by atoms with Crippen molar-refractivity contribution in [1.29, 1.82) is 0 Å². The summed E-state index contributed by atoms with van der Waals surface area (Å²) in [5.74, 6) is 1.25. The Bertz CT molecular complexity index is 1370. The van der Waals surface area contributed by atoms with Crippen molar-refractivity contribution in [3.63, 3.8) is 0 Å². The summed E-state index contributed by atoms with van der Waals surface area (Å²) in [7, 11) is 1.86. The van der Waals surface area contributed by atoms with E-state index in [4.69, 9.17) is 38.2 Å². The van der Waals surface area contributed by atoms with Crippen LogP contribution in [0.15, 0.2) is 51.7 Å². The first-order valence-corrected chi connectivity index (χ1v) is 13.4. The second-order valence-electron chi connectivity index (χ2n) is 8.86. The average molecular weight is 556 g/mol. The summed E-state index contributed by atoms with van der Waals surface area (Å²) in [5, 5.41) is 12.2. The van der Waals surface area contributed by atoms with Gasteiger partial charge in [0.15, 0.2) is 11.0 Å². The number of fused-ring (bicyclic) bond motifs is 3. The van der Waals surface area contributed by atoms with E-state index < -0.39 is 0 Å². The number of aliphatic hydroxyl groups is 1. The van der Waals surface area contributed by atoms with Gasteiger partial charge in [0.2, 0.25) is 0 Å². The van der Waals surface area contributed by atoms with Gasteiger partial charge in [0.25, 0.3) is 0 Å². The van der Waals surface area contributed by atoms with Gasteiger partial charge in [-0.3, -0.25) is 4.79 Å². The molecule has 0 fully saturated rings. The highest BCUT2D eigenvalue weighted by molar-refractivity contribution is 6.00. The van der Waals surface area contributed by atoms with Crippen LogP contribution in [-0.4, -0.2) is 94.8 Å². The molecule has 0 unspecified atom stereocenters. The monoisotopic (exact) mass is 555 g/mol. The molecule has 0 aliphatic carbocycles. The van der Waals surface area contributed by atoms with Gasteiger partial charge in [-0.2, -0.15) is 0 Å². The van der Waals surface area contributed by atoms with Crippen molar-refractivity contribution in [2.75, 3.05) is 85.0 Å². The van der Waals surface area contributed by atoms with Gasteiger partial charge in [-0.1, -0.05) is 0 Å². The van der Waals surface area contributed by atoms with Crippen molar-refractivity contribution >= 4 is 27.7 Å². The van der Waals surface area contributed by atoms with Crippen LogP contribution in [0.3, 0.4) is 0 Å². The van der Waals surface area contributed by atoms with Crippen LogP contribution in [0.5, 0.6) is 0 Å². The Morgan fingerprint density at radius 2 is 1.43 bits per heavy atom. The lowest BCUT2D eigenvalue weighted by Gasteiger charge is -2.07. The van der Waals surface area contributed by atoms with Crippen LogP contribution in [0.4, 0.5) is 5.69 Å². The number of aliphatic hydroxyl groups excluding tert-OH is 1. The van der Waals surface area contributed by atoms with E-state index in [0.717, 1.165) is 22.6 Å². The fourth-order valence-electron chi connectivity index (χ4n) is 4.01. The van der Waals surface area contributed by atoms with Crippen molar-refractivity contribution in [2.45, 2.75) is 6.42 Å². The number of hydrogen-bond acceptors (Lipinski definition) is 10. The van der Waals surface area contributed by atoms with Crippen LogP contribution < -0.4 is 10.7 Å². The van der Waals surface area contributed by atoms with Crippen LogP contribution in [0, 0.1) is 0 Å². The molecule has 3 N–H and O–H groups in total. The third-order valence-electron chi connectivity index (χ3n) is 6.06. The number of nitrogens with zero attached hydrogens (tertiary/aromatic N) is 1. The standard InChI is InChI=1S/C29H37N3O8/c1-30-22-4-2-21(3-5-22)26-20-25(34)23-6-7-24-28(29(23)40-26)32-27(31-24)8-10-35-12-14-37-16-18-39-19-17-38-15-13-36-11-9-33/h2-7,20,30,33H,8-19H2,1H3,(H,31,32). The molecule has 0 bridgehead atoms. The Morgan fingerprint density at radius 3 is 2.02 bits per heavy atom. The van der Waals surface area contributed by atoms with Crippen LogP contribution in [0.2, 0.25) is 0 Å². The summed E-state index contributed by atoms with van der Waals surface area (Å²) in [6.07, 6.45) is 0.583. The maximum Gasteiger partial charge on any atom is 0.193 e. The number of rotatable bonds is 19. The number of H-pyrrole nitrogens is 1. The smallest absolute Gasteiger partial charge is 0.193 e. The van der Waals surface area contributed by atoms with E-state index in [9.17, 15) is 4.79 Å². The Kier molecular flexibility index (Phi) is 11.9. The minimum Gasteiger partial charge on any atom is -0.453 e. The van der Waals surface area contributed by atoms with Gasteiger partial charge in [-0.15, -0.1) is 0 Å². The molecule has 0 amide bonds. The highest BCUT2D eigenvalue weighted by Gasteiger charge is 2.13. The first kappa shape index (κ1) is 29.7. The zero-order chi connectivity index (χ0) is 28.0. The minimum absolute atomic E-state index is 0.0179. The maximum absolute atomic E-state index is 12.8. The van der Waals surface area contributed by atoms with Gasteiger partial charge in [0, 0.05) is 30.8 Å². The number of anilines is 1. The number of aromatic nitrogens is 2. The van der Waals surface area contributed by atoms with Crippen molar-refractivity contribution in [3.05, 3.63) is 58.5 Å². The van der Waals surface area contributed by atoms with E-state index in [1.54, 1.807) is 6.07 Å². The Hall–Kier alpha value is -3.32. The van der Waals surface area contributed by atoms with Gasteiger partial charge in [0.05, 0.1) is 83.6 Å². The van der Waals surface area contributed by atoms with E-state index in [1.807, 2.05) is 37.4 Å². The molecule has 2 aromatic heterocycles. The summed E-state index contributed by atoms with van der Waals surface area (Å²) < 4.78 is 33.3. The van der Waals surface area contributed by atoms with Crippen molar-refractivity contribution in [3.8, 4) is 11.3 Å². The Balaban J connectivity index is 1.17. The predicted molar refractivity (Wildman–Crippen MR) is 152 cm³/mol. The first-order chi connectivity index (χ1) is 19.7. The zero-order valence-electron chi connectivity index (χ0n) is 22.8. The lowest BCUT2D eigenvalue weighted by molar-refractivity contribution is -0.0131. The molecular weight excluding hydrogens is 518 g/mol. The molecule has 2 aromatic carbocycles. The molecule has 0 atom stereocenters. The zero-order valence-corrected chi connectivity index (χ0v) is 22.8. The fourth-order valence-corrected chi connectivity index (χ4v) is 4.01.